The van der Waals surface area contributed by atoms with Crippen molar-refractivity contribution < 1.29 is 28.8 Å². The van der Waals surface area contributed by atoms with Crippen molar-refractivity contribution in [3.05, 3.63) is 70.3 Å². The van der Waals surface area contributed by atoms with Crippen LogP contribution in [0.3, 0.4) is 0 Å². The predicted molar refractivity (Wildman–Crippen MR) is 109 cm³/mol. The van der Waals surface area contributed by atoms with Gasteiger partial charge in [0, 0.05) is 13.1 Å². The average molecular weight is 422 g/mol. The van der Waals surface area contributed by atoms with Gasteiger partial charge < -0.3 is 14.5 Å². The third kappa shape index (κ3) is 3.88. The van der Waals surface area contributed by atoms with Crippen molar-refractivity contribution in [3.63, 3.8) is 0 Å². The molecule has 0 saturated heterocycles. The van der Waals surface area contributed by atoms with Gasteiger partial charge in [0.2, 0.25) is 0 Å². The standard InChI is InChI=1S/C23H22N2O6/c1-23(2,3)30-22(29)24-12-11-15-14(13-24)7-6-10-18(15)21(28)31-25-19(26)16-8-4-5-9-17(16)20(25)27/h4-10H,11-13H2,1-3H3. The van der Waals surface area contributed by atoms with Gasteiger partial charge >= 0.3 is 12.1 Å². The van der Waals surface area contributed by atoms with Gasteiger partial charge in [-0.1, -0.05) is 29.3 Å². The van der Waals surface area contributed by atoms with Gasteiger partial charge in [0.25, 0.3) is 11.8 Å². The van der Waals surface area contributed by atoms with Crippen LogP contribution >= 0.6 is 0 Å². The first-order valence-electron chi connectivity index (χ1n) is 9.94. The highest BCUT2D eigenvalue weighted by molar-refractivity contribution is 6.21. The fourth-order valence-electron chi connectivity index (χ4n) is 3.67. The van der Waals surface area contributed by atoms with Gasteiger partial charge in [-0.05, 0) is 56.5 Å². The van der Waals surface area contributed by atoms with E-state index in [9.17, 15) is 19.2 Å². The number of hydroxylamine groups is 2. The Balaban J connectivity index is 1.52. The summed E-state index contributed by atoms with van der Waals surface area (Å²) < 4.78 is 5.43. The zero-order chi connectivity index (χ0) is 22.3. The van der Waals surface area contributed by atoms with E-state index in [1.165, 1.54) is 12.1 Å². The minimum absolute atomic E-state index is 0.198. The molecule has 0 radical (unpaired) electrons. The molecule has 2 aromatic carbocycles. The smallest absolute Gasteiger partial charge is 0.410 e. The highest BCUT2D eigenvalue weighted by Crippen LogP contribution is 2.27. The first kappa shape index (κ1) is 20.6. The Morgan fingerprint density at radius 2 is 1.58 bits per heavy atom. The van der Waals surface area contributed by atoms with E-state index < -0.39 is 29.5 Å². The molecule has 31 heavy (non-hydrogen) atoms. The molecule has 8 heteroatoms. The van der Waals surface area contributed by atoms with E-state index in [1.54, 1.807) is 49.9 Å². The number of amides is 3. The summed E-state index contributed by atoms with van der Waals surface area (Å²) in [6.07, 6.45) is -0.000683. The summed E-state index contributed by atoms with van der Waals surface area (Å²) in [6.45, 7) is 6.07. The van der Waals surface area contributed by atoms with E-state index >= 15 is 0 Å². The molecule has 4 rings (SSSR count). The van der Waals surface area contributed by atoms with Crippen LogP contribution in [0.4, 0.5) is 4.79 Å². The van der Waals surface area contributed by atoms with Gasteiger partial charge in [0.05, 0.1) is 16.7 Å². The van der Waals surface area contributed by atoms with E-state index in [0.717, 1.165) is 11.1 Å². The Labute approximate surface area is 179 Å². The number of carbonyl (C=O) groups is 4. The van der Waals surface area contributed by atoms with Crippen LogP contribution in [0.1, 0.15) is 63.0 Å². The van der Waals surface area contributed by atoms with Gasteiger partial charge in [-0.15, -0.1) is 0 Å². The fraction of sp³-hybridized carbons (Fsp3) is 0.304. The molecule has 2 heterocycles. The Kier molecular flexibility index (Phi) is 5.00. The maximum Gasteiger partial charge on any atom is 0.410 e. The molecule has 8 nitrogen and oxygen atoms in total. The second kappa shape index (κ2) is 7.54. The Morgan fingerprint density at radius 3 is 2.19 bits per heavy atom. The molecule has 3 amide bonds. The maximum atomic E-state index is 12.8. The van der Waals surface area contributed by atoms with Crippen LogP contribution in [0.2, 0.25) is 0 Å². The summed E-state index contributed by atoms with van der Waals surface area (Å²) in [6, 6.07) is 11.4. The maximum absolute atomic E-state index is 12.8. The van der Waals surface area contributed by atoms with Crippen LogP contribution in [0, 0.1) is 0 Å². The van der Waals surface area contributed by atoms with E-state index in [1.807, 2.05) is 6.07 Å². The minimum Gasteiger partial charge on any atom is -0.444 e. The molecule has 2 aliphatic rings. The van der Waals surface area contributed by atoms with E-state index in [-0.39, 0.29) is 16.7 Å². The third-order valence-corrected chi connectivity index (χ3v) is 5.07. The lowest BCUT2D eigenvalue weighted by molar-refractivity contribution is -0.0585. The summed E-state index contributed by atoms with van der Waals surface area (Å²) in [5.41, 5.74) is 1.57. The van der Waals surface area contributed by atoms with E-state index in [0.29, 0.717) is 24.6 Å². The molecule has 2 aliphatic heterocycles. The van der Waals surface area contributed by atoms with Gasteiger partial charge in [-0.25, -0.2) is 9.59 Å². The number of carbonyl (C=O) groups excluding carboxylic acids is 4. The van der Waals surface area contributed by atoms with Gasteiger partial charge in [0.15, 0.2) is 0 Å². The van der Waals surface area contributed by atoms with E-state index in [4.69, 9.17) is 9.57 Å². The summed E-state index contributed by atoms with van der Waals surface area (Å²) in [5, 5.41) is 0.502. The summed E-state index contributed by atoms with van der Waals surface area (Å²) >= 11 is 0. The molecule has 0 spiro atoms. The summed E-state index contributed by atoms with van der Waals surface area (Å²) in [5.74, 6) is -2.14. The zero-order valence-electron chi connectivity index (χ0n) is 17.5. The van der Waals surface area contributed by atoms with Crippen LogP contribution in [0.5, 0.6) is 0 Å². The number of hydrogen-bond acceptors (Lipinski definition) is 6. The van der Waals surface area contributed by atoms with E-state index in [2.05, 4.69) is 0 Å². The Hall–Kier alpha value is -3.68. The van der Waals surface area contributed by atoms with Gasteiger partial charge in [-0.2, -0.15) is 0 Å². The number of nitrogens with zero attached hydrogens (tertiary/aromatic N) is 2. The second-order valence-corrected chi connectivity index (χ2v) is 8.42. The second-order valence-electron chi connectivity index (χ2n) is 8.42. The van der Waals surface area contributed by atoms with Crippen molar-refractivity contribution in [1.29, 1.82) is 0 Å². The zero-order valence-corrected chi connectivity index (χ0v) is 17.5. The van der Waals surface area contributed by atoms with Gasteiger partial charge in [-0.3, -0.25) is 9.59 Å². The van der Waals surface area contributed by atoms with Gasteiger partial charge in [0.1, 0.15) is 5.60 Å². The van der Waals surface area contributed by atoms with Crippen molar-refractivity contribution in [3.8, 4) is 0 Å². The highest BCUT2D eigenvalue weighted by atomic mass is 16.7. The van der Waals surface area contributed by atoms with Crippen LogP contribution in [0.25, 0.3) is 0 Å². The van der Waals surface area contributed by atoms with Crippen molar-refractivity contribution in [1.82, 2.24) is 9.96 Å². The average Bonchev–Trinajstić information content (AvgIpc) is 2.96. The topological polar surface area (TPSA) is 93.2 Å². The molecule has 0 bridgehead atoms. The molecule has 0 saturated carbocycles. The van der Waals surface area contributed by atoms with Crippen LogP contribution in [-0.4, -0.2) is 46.0 Å². The lowest BCUT2D eigenvalue weighted by Gasteiger charge is -2.31. The molecule has 160 valence electrons. The predicted octanol–water partition coefficient (Wildman–Crippen LogP) is 3.35. The number of rotatable bonds is 2. The number of ether oxygens (including phenoxy) is 1. The molecule has 0 atom stereocenters. The SMILES string of the molecule is CC(C)(C)OC(=O)N1CCc2c(cccc2C(=O)ON2C(=O)c3ccccc3C2=O)C1. The monoisotopic (exact) mass is 422 g/mol. The van der Waals surface area contributed by atoms with Crippen molar-refractivity contribution in [2.24, 2.45) is 0 Å². The molecular formula is C23H22N2O6. The van der Waals surface area contributed by atoms with Crippen LogP contribution in [-0.2, 0) is 22.5 Å². The molecule has 0 aliphatic carbocycles. The highest BCUT2D eigenvalue weighted by Gasteiger charge is 2.39. The molecular weight excluding hydrogens is 400 g/mol. The van der Waals surface area contributed by atoms with Crippen molar-refractivity contribution in [2.45, 2.75) is 39.3 Å². The van der Waals surface area contributed by atoms with Crippen molar-refractivity contribution >= 4 is 23.9 Å². The van der Waals surface area contributed by atoms with Crippen LogP contribution < -0.4 is 0 Å². The number of hydrogen-bond donors (Lipinski definition) is 0. The fourth-order valence-corrected chi connectivity index (χ4v) is 3.67. The first-order chi connectivity index (χ1) is 14.7. The van der Waals surface area contributed by atoms with Crippen molar-refractivity contribution in [2.75, 3.05) is 6.54 Å². The molecule has 0 aromatic heterocycles. The molecule has 0 N–H and O–H groups in total. The quantitative estimate of drug-likeness (QED) is 0.689. The number of fused-ring (bicyclic) bond motifs is 2. The largest absolute Gasteiger partial charge is 0.444 e. The Morgan fingerprint density at radius 1 is 0.935 bits per heavy atom. The Bertz CT molecular complexity index is 1070. The molecule has 0 fully saturated rings. The summed E-state index contributed by atoms with van der Waals surface area (Å²) in [4.78, 5) is 56.9. The number of imide groups is 1. The normalized spacial score (nSPS) is 15.5. The lowest BCUT2D eigenvalue weighted by atomic mass is 9.95. The minimum atomic E-state index is -0.794. The lowest BCUT2D eigenvalue weighted by Crippen LogP contribution is -2.40. The molecule has 2 aromatic rings. The van der Waals surface area contributed by atoms with Crippen LogP contribution in [0.15, 0.2) is 42.5 Å². The third-order valence-electron chi connectivity index (χ3n) is 5.07. The summed E-state index contributed by atoms with van der Waals surface area (Å²) in [7, 11) is 0. The molecule has 0 unspecified atom stereocenters. The number of benzene rings is 2. The first-order valence-corrected chi connectivity index (χ1v) is 9.94.